The van der Waals surface area contributed by atoms with Crippen molar-refractivity contribution in [3.63, 3.8) is 0 Å². The lowest BCUT2D eigenvalue weighted by molar-refractivity contribution is -0.137. The van der Waals surface area contributed by atoms with Crippen LogP contribution in [0.5, 0.6) is 0 Å². The molecule has 1 saturated heterocycles. The molecule has 1 atom stereocenters. The lowest BCUT2D eigenvalue weighted by Gasteiger charge is -2.35. The first-order valence-electron chi connectivity index (χ1n) is 6.81. The summed E-state index contributed by atoms with van der Waals surface area (Å²) in [5.41, 5.74) is -0.508. The summed E-state index contributed by atoms with van der Waals surface area (Å²) in [7, 11) is 0. The monoisotopic (exact) mass is 324 g/mol. The quantitative estimate of drug-likeness (QED) is 0.850. The fraction of sp³-hybridized carbons (Fsp3) is 0.571. The highest BCUT2D eigenvalue weighted by atomic mass is 35.5. The highest BCUT2D eigenvalue weighted by molar-refractivity contribution is 6.32. The lowest BCUT2D eigenvalue weighted by atomic mass is 9.99. The van der Waals surface area contributed by atoms with Crippen molar-refractivity contribution < 1.29 is 17.6 Å². The van der Waals surface area contributed by atoms with E-state index in [2.05, 4.69) is 5.32 Å². The predicted molar refractivity (Wildman–Crippen MR) is 74.2 cm³/mol. The van der Waals surface area contributed by atoms with Crippen molar-refractivity contribution in [2.45, 2.75) is 18.6 Å². The minimum Gasteiger partial charge on any atom is -0.314 e. The molecular formula is C14H17ClF4N2. The van der Waals surface area contributed by atoms with Gasteiger partial charge in [-0.25, -0.2) is 0 Å². The van der Waals surface area contributed by atoms with Gasteiger partial charge in [-0.1, -0.05) is 23.7 Å². The average molecular weight is 325 g/mol. The van der Waals surface area contributed by atoms with Crippen molar-refractivity contribution in [3.05, 3.63) is 34.3 Å². The zero-order chi connectivity index (χ0) is 15.5. The molecule has 0 unspecified atom stereocenters. The van der Waals surface area contributed by atoms with Crippen molar-refractivity contribution >= 4 is 11.6 Å². The van der Waals surface area contributed by atoms with E-state index in [0.29, 0.717) is 18.7 Å². The van der Waals surface area contributed by atoms with Gasteiger partial charge in [0.25, 0.3) is 0 Å². The molecule has 21 heavy (non-hydrogen) atoms. The van der Waals surface area contributed by atoms with Crippen molar-refractivity contribution in [1.29, 1.82) is 0 Å². The Balaban J connectivity index is 2.36. The molecule has 1 fully saturated rings. The van der Waals surface area contributed by atoms with Gasteiger partial charge in [0.1, 0.15) is 0 Å². The number of nitrogens with one attached hydrogen (secondary N) is 1. The van der Waals surface area contributed by atoms with Crippen LogP contribution in [-0.4, -0.2) is 37.8 Å². The second-order valence-electron chi connectivity index (χ2n) is 4.99. The molecule has 1 aliphatic rings. The van der Waals surface area contributed by atoms with Gasteiger partial charge in [0.05, 0.1) is 17.3 Å². The van der Waals surface area contributed by atoms with Gasteiger partial charge in [-0.05, 0) is 18.1 Å². The van der Waals surface area contributed by atoms with Gasteiger partial charge in [0.15, 0.2) is 0 Å². The van der Waals surface area contributed by atoms with Gasteiger partial charge in [-0.2, -0.15) is 13.2 Å². The van der Waals surface area contributed by atoms with Crippen LogP contribution in [0.15, 0.2) is 18.2 Å². The topological polar surface area (TPSA) is 15.3 Å². The zero-order valence-electron chi connectivity index (χ0n) is 11.4. The minimum atomic E-state index is -4.50. The van der Waals surface area contributed by atoms with Crippen LogP contribution in [0.25, 0.3) is 0 Å². The van der Waals surface area contributed by atoms with Crippen LogP contribution in [0.3, 0.4) is 0 Å². The number of hydrogen-bond acceptors (Lipinski definition) is 2. The fourth-order valence-corrected chi connectivity index (χ4v) is 3.02. The first-order valence-corrected chi connectivity index (χ1v) is 7.19. The maximum Gasteiger partial charge on any atom is 0.417 e. The Kier molecular flexibility index (Phi) is 5.46. The van der Waals surface area contributed by atoms with Crippen LogP contribution in [-0.2, 0) is 6.18 Å². The van der Waals surface area contributed by atoms with Gasteiger partial charge in [-0.15, -0.1) is 0 Å². The fourth-order valence-electron chi connectivity index (χ4n) is 2.66. The summed E-state index contributed by atoms with van der Waals surface area (Å²) in [6.45, 7) is 2.20. The highest BCUT2D eigenvalue weighted by Gasteiger charge is 2.35. The van der Waals surface area contributed by atoms with Crippen LogP contribution in [0.4, 0.5) is 17.6 Å². The van der Waals surface area contributed by atoms with E-state index in [0.717, 1.165) is 19.2 Å². The summed E-state index contributed by atoms with van der Waals surface area (Å²) < 4.78 is 51.7. The Bertz CT molecular complexity index is 473. The number of hydrogen-bond donors (Lipinski definition) is 1. The van der Waals surface area contributed by atoms with Crippen LogP contribution in [0, 0.1) is 0 Å². The molecule has 0 aromatic heterocycles. The molecule has 1 aliphatic heterocycles. The molecule has 2 rings (SSSR count). The molecule has 7 heteroatoms. The molecule has 0 saturated carbocycles. The van der Waals surface area contributed by atoms with Gasteiger partial charge in [0.2, 0.25) is 0 Å². The Morgan fingerprint density at radius 2 is 1.90 bits per heavy atom. The first kappa shape index (κ1) is 16.5. The molecule has 1 aromatic carbocycles. The summed E-state index contributed by atoms with van der Waals surface area (Å²) in [4.78, 5) is 1.98. The summed E-state index contributed by atoms with van der Waals surface area (Å²) in [6, 6.07) is 3.42. The van der Waals surface area contributed by atoms with E-state index < -0.39 is 24.5 Å². The Labute approximate surface area is 126 Å². The van der Waals surface area contributed by atoms with Crippen LogP contribution < -0.4 is 5.32 Å². The van der Waals surface area contributed by atoms with Gasteiger partial charge in [-0.3, -0.25) is 9.29 Å². The van der Waals surface area contributed by atoms with E-state index in [9.17, 15) is 17.6 Å². The molecule has 2 nitrogen and oxygen atoms in total. The van der Waals surface area contributed by atoms with Crippen molar-refractivity contribution in [1.82, 2.24) is 10.2 Å². The zero-order valence-corrected chi connectivity index (χ0v) is 12.1. The molecule has 1 N–H and O–H groups in total. The molecule has 0 spiro atoms. The maximum atomic E-state index is 12.9. The van der Waals surface area contributed by atoms with Crippen molar-refractivity contribution in [2.24, 2.45) is 0 Å². The lowest BCUT2D eigenvalue weighted by Crippen LogP contribution is -2.45. The third kappa shape index (κ3) is 3.87. The van der Waals surface area contributed by atoms with Gasteiger partial charge < -0.3 is 5.32 Å². The Hall–Kier alpha value is -0.850. The second kappa shape index (κ2) is 6.94. The van der Waals surface area contributed by atoms with Crippen LogP contribution >= 0.6 is 11.6 Å². The molecular weight excluding hydrogens is 308 g/mol. The summed E-state index contributed by atoms with van der Waals surface area (Å²) in [5.74, 6) is 0. The highest BCUT2D eigenvalue weighted by Crippen LogP contribution is 2.40. The number of nitrogens with zero attached hydrogens (tertiary/aromatic N) is 1. The molecule has 0 aliphatic carbocycles. The third-order valence-electron chi connectivity index (χ3n) is 3.67. The summed E-state index contributed by atoms with van der Waals surface area (Å²) in [6.07, 6.45) is -4.36. The maximum absolute atomic E-state index is 12.9. The van der Waals surface area contributed by atoms with E-state index in [-0.39, 0.29) is 11.4 Å². The summed E-state index contributed by atoms with van der Waals surface area (Å²) in [5, 5.41) is 2.85. The molecule has 0 bridgehead atoms. The molecule has 0 amide bonds. The Morgan fingerprint density at radius 3 is 2.48 bits per heavy atom. The van der Waals surface area contributed by atoms with Gasteiger partial charge >= 0.3 is 6.18 Å². The first-order chi connectivity index (χ1) is 9.95. The van der Waals surface area contributed by atoms with Crippen molar-refractivity contribution in [3.8, 4) is 0 Å². The van der Waals surface area contributed by atoms with Crippen LogP contribution in [0.2, 0.25) is 5.02 Å². The molecule has 1 heterocycles. The molecule has 0 radical (unpaired) electrons. The number of alkyl halides is 4. The number of benzene rings is 1. The standard InChI is InChI=1S/C14H17ClF4N2/c15-13-10(2-1-3-11(13)14(17,18)19)12(4-5-16)21-8-6-20-7-9-21/h1-3,12,20H,4-9H2/t12-/m0/s1. The SMILES string of the molecule is FCC[C@@H](c1cccc(C(F)(F)F)c1Cl)N1CCNCC1. The van der Waals surface area contributed by atoms with E-state index in [1.165, 1.54) is 6.07 Å². The smallest absolute Gasteiger partial charge is 0.314 e. The van der Waals surface area contributed by atoms with E-state index in [1.54, 1.807) is 6.07 Å². The Morgan fingerprint density at radius 1 is 1.24 bits per heavy atom. The number of piperazine rings is 1. The van der Waals surface area contributed by atoms with E-state index >= 15 is 0 Å². The minimum absolute atomic E-state index is 0.140. The number of rotatable bonds is 4. The largest absolute Gasteiger partial charge is 0.417 e. The van der Waals surface area contributed by atoms with Gasteiger partial charge in [0, 0.05) is 32.2 Å². The van der Waals surface area contributed by atoms with Crippen molar-refractivity contribution in [2.75, 3.05) is 32.9 Å². The second-order valence-corrected chi connectivity index (χ2v) is 5.36. The third-order valence-corrected chi connectivity index (χ3v) is 4.09. The predicted octanol–water partition coefficient (Wildman–Crippen LogP) is 3.66. The molecule has 118 valence electrons. The van der Waals surface area contributed by atoms with E-state index in [1.807, 2.05) is 4.90 Å². The number of halogens is 5. The van der Waals surface area contributed by atoms with E-state index in [4.69, 9.17) is 11.6 Å². The molecule has 1 aromatic rings. The average Bonchev–Trinajstić information content (AvgIpc) is 2.45. The normalized spacial score (nSPS) is 18.7. The summed E-state index contributed by atoms with van der Waals surface area (Å²) >= 11 is 5.96. The van der Waals surface area contributed by atoms with Crippen LogP contribution in [0.1, 0.15) is 23.6 Å².